The van der Waals surface area contributed by atoms with Crippen molar-refractivity contribution in [3.8, 4) is 5.75 Å². The summed E-state index contributed by atoms with van der Waals surface area (Å²) < 4.78 is 5.82. The average Bonchev–Trinajstić information content (AvgIpc) is 2.47. The number of hydrogen-bond donors (Lipinski definition) is 1. The van der Waals surface area contributed by atoms with Crippen LogP contribution in [0.15, 0.2) is 36.4 Å². The zero-order chi connectivity index (χ0) is 17.0. The molecule has 0 bridgehead atoms. The van der Waals surface area contributed by atoms with Gasteiger partial charge in [0.25, 0.3) is 5.91 Å². The van der Waals surface area contributed by atoms with Crippen molar-refractivity contribution in [2.24, 2.45) is 0 Å². The van der Waals surface area contributed by atoms with Gasteiger partial charge in [0.05, 0.1) is 0 Å². The first-order valence-electron chi connectivity index (χ1n) is 7.40. The first-order valence-corrected chi connectivity index (χ1v) is 8.15. The van der Waals surface area contributed by atoms with Crippen molar-refractivity contribution in [1.82, 2.24) is 0 Å². The first kappa shape index (κ1) is 17.6. The molecular weight excluding hydrogens is 333 g/mol. The molecule has 0 spiro atoms. The molecule has 3 nitrogen and oxygen atoms in total. The molecule has 0 saturated heterocycles. The lowest BCUT2D eigenvalue weighted by atomic mass is 10.1. The molecule has 0 aliphatic rings. The monoisotopic (exact) mass is 351 g/mol. The Morgan fingerprint density at radius 2 is 1.74 bits per heavy atom. The van der Waals surface area contributed by atoms with Gasteiger partial charge in [0.15, 0.2) is 6.10 Å². The molecule has 2 rings (SSSR count). The number of ether oxygens (including phenoxy) is 1. The van der Waals surface area contributed by atoms with Crippen LogP contribution in [-0.2, 0) is 4.79 Å². The van der Waals surface area contributed by atoms with Gasteiger partial charge in [0.2, 0.25) is 0 Å². The summed E-state index contributed by atoms with van der Waals surface area (Å²) in [5.74, 6) is 0.447. The zero-order valence-corrected chi connectivity index (χ0v) is 14.8. The third-order valence-electron chi connectivity index (χ3n) is 3.55. The number of halogens is 2. The van der Waals surface area contributed by atoms with Crippen LogP contribution < -0.4 is 10.1 Å². The summed E-state index contributed by atoms with van der Waals surface area (Å²) in [5, 5.41) is 3.72. The smallest absolute Gasteiger partial charge is 0.265 e. The highest BCUT2D eigenvalue weighted by Crippen LogP contribution is 2.23. The van der Waals surface area contributed by atoms with Gasteiger partial charge in [-0.3, -0.25) is 4.79 Å². The van der Waals surface area contributed by atoms with Crippen molar-refractivity contribution in [3.05, 3.63) is 57.6 Å². The number of rotatable bonds is 5. The summed E-state index contributed by atoms with van der Waals surface area (Å²) in [6.07, 6.45) is -0.0394. The summed E-state index contributed by atoms with van der Waals surface area (Å²) in [4.78, 5) is 12.4. The van der Waals surface area contributed by atoms with E-state index >= 15 is 0 Å². The van der Waals surface area contributed by atoms with Crippen LogP contribution in [0.3, 0.4) is 0 Å². The van der Waals surface area contributed by atoms with Gasteiger partial charge in [-0.1, -0.05) is 36.2 Å². The molecule has 0 heterocycles. The number of aryl methyl sites for hydroxylation is 2. The highest BCUT2D eigenvalue weighted by molar-refractivity contribution is 6.35. The number of benzene rings is 2. The Morgan fingerprint density at radius 1 is 1.09 bits per heavy atom. The van der Waals surface area contributed by atoms with Crippen LogP contribution in [0.2, 0.25) is 10.0 Å². The fourth-order valence-electron chi connectivity index (χ4n) is 2.12. The van der Waals surface area contributed by atoms with Gasteiger partial charge in [-0.2, -0.15) is 0 Å². The molecule has 0 aromatic heterocycles. The standard InChI is InChI=1S/C18H19Cl2NO2/c1-4-17(23-16-6-5-11(2)12(3)7-16)18(22)21-15-9-13(19)8-14(20)10-15/h5-10,17H,4H2,1-3H3,(H,21,22)/t17-/m1/s1. The van der Waals surface area contributed by atoms with Crippen LogP contribution in [0.1, 0.15) is 24.5 Å². The van der Waals surface area contributed by atoms with Crippen molar-refractivity contribution < 1.29 is 9.53 Å². The second-order valence-electron chi connectivity index (χ2n) is 5.41. The van der Waals surface area contributed by atoms with E-state index < -0.39 is 6.10 Å². The number of amides is 1. The van der Waals surface area contributed by atoms with Gasteiger partial charge in [0, 0.05) is 15.7 Å². The minimum absolute atomic E-state index is 0.232. The minimum atomic E-state index is -0.588. The Balaban J connectivity index is 2.10. The van der Waals surface area contributed by atoms with Crippen LogP contribution in [0.25, 0.3) is 0 Å². The van der Waals surface area contributed by atoms with E-state index in [2.05, 4.69) is 5.32 Å². The average molecular weight is 352 g/mol. The summed E-state index contributed by atoms with van der Waals surface area (Å²) >= 11 is 11.9. The normalized spacial score (nSPS) is 11.9. The Morgan fingerprint density at radius 3 is 2.30 bits per heavy atom. The molecule has 0 unspecified atom stereocenters. The molecule has 23 heavy (non-hydrogen) atoms. The van der Waals surface area contributed by atoms with Crippen molar-refractivity contribution in [2.45, 2.75) is 33.3 Å². The molecule has 0 aliphatic carbocycles. The summed E-state index contributed by atoms with van der Waals surface area (Å²) in [6, 6.07) is 10.7. The molecule has 2 aromatic carbocycles. The molecule has 1 atom stereocenters. The zero-order valence-electron chi connectivity index (χ0n) is 13.3. The van der Waals surface area contributed by atoms with Crippen LogP contribution in [-0.4, -0.2) is 12.0 Å². The quantitative estimate of drug-likeness (QED) is 0.782. The molecule has 122 valence electrons. The lowest BCUT2D eigenvalue weighted by Crippen LogP contribution is -2.32. The van der Waals surface area contributed by atoms with Crippen molar-refractivity contribution in [1.29, 1.82) is 0 Å². The fourth-order valence-corrected chi connectivity index (χ4v) is 2.65. The number of hydrogen-bond acceptors (Lipinski definition) is 2. The Labute approximate surface area is 146 Å². The van der Waals surface area contributed by atoms with E-state index in [1.165, 1.54) is 5.56 Å². The van der Waals surface area contributed by atoms with Crippen LogP contribution in [0.4, 0.5) is 5.69 Å². The predicted octanol–water partition coefficient (Wildman–Crippen LogP) is 5.41. The first-order chi connectivity index (χ1) is 10.9. The molecule has 1 N–H and O–H groups in total. The van der Waals surface area contributed by atoms with Gasteiger partial charge < -0.3 is 10.1 Å². The number of anilines is 1. The third kappa shape index (κ3) is 4.88. The minimum Gasteiger partial charge on any atom is -0.481 e. The van der Waals surface area contributed by atoms with Crippen molar-refractivity contribution in [2.75, 3.05) is 5.32 Å². The Kier molecular flexibility index (Phi) is 5.91. The highest BCUT2D eigenvalue weighted by Gasteiger charge is 2.19. The topological polar surface area (TPSA) is 38.3 Å². The third-order valence-corrected chi connectivity index (χ3v) is 3.99. The molecule has 5 heteroatoms. The number of carbonyl (C=O) groups excluding carboxylic acids is 1. The summed E-state index contributed by atoms with van der Waals surface area (Å²) in [6.45, 7) is 5.94. The molecule has 0 aliphatic heterocycles. The van der Waals surface area contributed by atoms with Crippen molar-refractivity contribution in [3.63, 3.8) is 0 Å². The lowest BCUT2D eigenvalue weighted by molar-refractivity contribution is -0.122. The van der Waals surface area contributed by atoms with E-state index in [9.17, 15) is 4.79 Å². The number of carbonyl (C=O) groups is 1. The number of nitrogens with one attached hydrogen (secondary N) is 1. The van der Waals surface area contributed by atoms with Crippen LogP contribution in [0, 0.1) is 13.8 Å². The molecule has 0 fully saturated rings. The van der Waals surface area contributed by atoms with Gasteiger partial charge >= 0.3 is 0 Å². The van der Waals surface area contributed by atoms with Gasteiger partial charge in [-0.25, -0.2) is 0 Å². The molecular formula is C18H19Cl2NO2. The van der Waals surface area contributed by atoms with Crippen LogP contribution in [0.5, 0.6) is 5.75 Å². The molecule has 1 amide bonds. The lowest BCUT2D eigenvalue weighted by Gasteiger charge is -2.18. The maximum atomic E-state index is 12.4. The van der Waals surface area contributed by atoms with E-state index in [1.807, 2.05) is 39.0 Å². The summed E-state index contributed by atoms with van der Waals surface area (Å²) in [5.41, 5.74) is 2.86. The predicted molar refractivity (Wildman–Crippen MR) is 95.7 cm³/mol. The molecule has 2 aromatic rings. The van der Waals surface area contributed by atoms with Crippen molar-refractivity contribution >= 4 is 34.8 Å². The molecule has 0 saturated carbocycles. The Bertz CT molecular complexity index is 696. The van der Waals surface area contributed by atoms with Gasteiger partial charge in [-0.15, -0.1) is 0 Å². The maximum absolute atomic E-state index is 12.4. The van der Waals surface area contributed by atoms with Gasteiger partial charge in [-0.05, 0) is 61.7 Å². The van der Waals surface area contributed by atoms with E-state index in [0.29, 0.717) is 27.9 Å². The second kappa shape index (κ2) is 7.71. The Hall–Kier alpha value is -1.71. The summed E-state index contributed by atoms with van der Waals surface area (Å²) in [7, 11) is 0. The highest BCUT2D eigenvalue weighted by atomic mass is 35.5. The SMILES string of the molecule is CC[C@@H](Oc1ccc(C)c(C)c1)C(=O)Nc1cc(Cl)cc(Cl)c1. The maximum Gasteiger partial charge on any atom is 0.265 e. The van der Waals surface area contributed by atoms with E-state index in [4.69, 9.17) is 27.9 Å². The molecule has 0 radical (unpaired) electrons. The van der Waals surface area contributed by atoms with E-state index in [-0.39, 0.29) is 5.91 Å². The van der Waals surface area contributed by atoms with E-state index in [1.54, 1.807) is 18.2 Å². The second-order valence-corrected chi connectivity index (χ2v) is 6.28. The van der Waals surface area contributed by atoms with Gasteiger partial charge in [0.1, 0.15) is 5.75 Å². The van der Waals surface area contributed by atoms with Crippen LogP contribution >= 0.6 is 23.2 Å². The largest absolute Gasteiger partial charge is 0.481 e. The van der Waals surface area contributed by atoms with E-state index in [0.717, 1.165) is 5.56 Å². The fraction of sp³-hybridized carbons (Fsp3) is 0.278.